The lowest BCUT2D eigenvalue weighted by molar-refractivity contribution is -0.383. The molecule has 36 heavy (non-hydrogen) atoms. The number of hydrazine groups is 1. The molecule has 12 heteroatoms. The Balaban J connectivity index is 1.40. The van der Waals surface area contributed by atoms with Crippen LogP contribution in [0.1, 0.15) is 0 Å². The van der Waals surface area contributed by atoms with E-state index in [1.54, 1.807) is 48.5 Å². The van der Waals surface area contributed by atoms with Crippen LogP contribution in [-0.4, -0.2) is 27.4 Å². The van der Waals surface area contributed by atoms with Crippen LogP contribution in [0.15, 0.2) is 101 Å². The molecule has 0 bridgehead atoms. The molecule has 0 aliphatic rings. The topological polar surface area (TPSA) is 156 Å². The van der Waals surface area contributed by atoms with Crippen molar-refractivity contribution in [2.75, 3.05) is 17.3 Å². The van der Waals surface area contributed by atoms with E-state index >= 15 is 0 Å². The molecule has 1 aromatic heterocycles. The van der Waals surface area contributed by atoms with E-state index in [4.69, 9.17) is 4.74 Å². The number of carbonyl (C=O) groups excluding carboxylic acids is 1. The third kappa shape index (κ3) is 6.57. The molecule has 0 aliphatic carbocycles. The number of aromatic nitrogens is 2. The number of nitro groups is 1. The molecule has 0 spiro atoms. The monoisotopic (exact) mass is 484 g/mol. The number of ether oxygens (including phenoxy) is 1. The molecule has 4 rings (SSSR count). The molecular weight excluding hydrogens is 464 g/mol. The van der Waals surface area contributed by atoms with Crippen molar-refractivity contribution in [2.24, 2.45) is 10.2 Å². The van der Waals surface area contributed by atoms with Gasteiger partial charge in [-0.25, -0.2) is 9.97 Å². The molecule has 12 nitrogen and oxygen atoms in total. The Kier molecular flexibility index (Phi) is 7.69. The largest absolute Gasteiger partial charge is 0.484 e. The van der Waals surface area contributed by atoms with Crippen molar-refractivity contribution in [1.29, 1.82) is 0 Å². The van der Waals surface area contributed by atoms with Crippen LogP contribution < -0.4 is 20.9 Å². The summed E-state index contributed by atoms with van der Waals surface area (Å²) in [5, 5.41) is 22.9. The van der Waals surface area contributed by atoms with Crippen LogP contribution in [0.2, 0.25) is 0 Å². The average molecular weight is 484 g/mol. The van der Waals surface area contributed by atoms with Gasteiger partial charge >= 0.3 is 5.69 Å². The van der Waals surface area contributed by atoms with Crippen LogP contribution in [0.25, 0.3) is 0 Å². The number of nitrogens with zero attached hydrogens (tertiary/aromatic N) is 5. The summed E-state index contributed by atoms with van der Waals surface area (Å²) in [5.74, 6) is -0.300. The van der Waals surface area contributed by atoms with Gasteiger partial charge in [0.25, 0.3) is 5.91 Å². The Morgan fingerprint density at radius 2 is 1.47 bits per heavy atom. The first-order chi connectivity index (χ1) is 17.6. The highest BCUT2D eigenvalue weighted by atomic mass is 16.6. The normalized spacial score (nSPS) is 10.6. The lowest BCUT2D eigenvalue weighted by Crippen LogP contribution is -2.34. The fourth-order valence-electron chi connectivity index (χ4n) is 2.92. The lowest BCUT2D eigenvalue weighted by Gasteiger charge is -2.11. The highest BCUT2D eigenvalue weighted by molar-refractivity contribution is 5.80. The quantitative estimate of drug-likeness (QED) is 0.160. The summed E-state index contributed by atoms with van der Waals surface area (Å²) in [6.45, 7) is -0.297. The van der Waals surface area contributed by atoms with E-state index in [1.807, 2.05) is 36.4 Å². The molecule has 0 radical (unpaired) electrons. The molecule has 0 saturated carbocycles. The van der Waals surface area contributed by atoms with Gasteiger partial charge in [-0.15, -0.1) is 0 Å². The van der Waals surface area contributed by atoms with Crippen LogP contribution in [0, 0.1) is 10.1 Å². The molecular formula is C24H20N8O4. The van der Waals surface area contributed by atoms with E-state index in [0.29, 0.717) is 17.1 Å². The van der Waals surface area contributed by atoms with E-state index in [-0.39, 0.29) is 18.2 Å². The lowest BCUT2D eigenvalue weighted by atomic mass is 10.3. The van der Waals surface area contributed by atoms with Gasteiger partial charge in [0.05, 0.1) is 16.3 Å². The van der Waals surface area contributed by atoms with Gasteiger partial charge in [-0.3, -0.25) is 25.8 Å². The number of benzene rings is 3. The van der Waals surface area contributed by atoms with Crippen LogP contribution in [0.3, 0.4) is 0 Å². The van der Waals surface area contributed by atoms with Crippen molar-refractivity contribution in [1.82, 2.24) is 15.4 Å². The number of hydrogen-bond acceptors (Lipinski definition) is 10. The van der Waals surface area contributed by atoms with Crippen molar-refractivity contribution in [3.05, 3.63) is 101 Å². The third-order valence-electron chi connectivity index (χ3n) is 4.61. The number of rotatable bonds is 10. The molecule has 180 valence electrons. The Labute approximate surface area is 205 Å². The van der Waals surface area contributed by atoms with Crippen molar-refractivity contribution < 1.29 is 14.5 Å². The van der Waals surface area contributed by atoms with Crippen molar-refractivity contribution in [3.63, 3.8) is 0 Å². The van der Waals surface area contributed by atoms with E-state index in [9.17, 15) is 14.9 Å². The molecule has 3 aromatic carbocycles. The highest BCUT2D eigenvalue weighted by Crippen LogP contribution is 2.31. The minimum atomic E-state index is -0.653. The minimum Gasteiger partial charge on any atom is -0.484 e. The summed E-state index contributed by atoms with van der Waals surface area (Å²) >= 11 is 0. The number of nitrogens with one attached hydrogen (secondary N) is 3. The molecule has 0 saturated heterocycles. The number of amides is 1. The summed E-state index contributed by atoms with van der Waals surface area (Å²) in [6.07, 6.45) is 1.13. The molecule has 1 heterocycles. The number of anilines is 3. The van der Waals surface area contributed by atoms with Gasteiger partial charge in [-0.2, -0.15) is 10.2 Å². The van der Waals surface area contributed by atoms with Gasteiger partial charge in [0.2, 0.25) is 11.6 Å². The van der Waals surface area contributed by atoms with Crippen molar-refractivity contribution in [3.8, 4) is 5.75 Å². The van der Waals surface area contributed by atoms with Gasteiger partial charge in [0, 0.05) is 5.69 Å². The van der Waals surface area contributed by atoms with Gasteiger partial charge in [-0.05, 0) is 48.5 Å². The molecule has 1 amide bonds. The zero-order valence-corrected chi connectivity index (χ0v) is 18.7. The van der Waals surface area contributed by atoms with Crippen molar-refractivity contribution >= 4 is 40.3 Å². The fraction of sp³-hybridized carbons (Fsp3) is 0.0417. The standard InChI is InChI=1S/C24H20N8O4/c33-21(15-36-20-9-5-2-6-10-20)30-31-24-22(32(34)35)23(25-16-26-24)27-17-11-13-19(14-12-17)29-28-18-7-3-1-4-8-18/h1-14,16H,15H2,(H,30,33)(H2,25,26,27,31). The Morgan fingerprint density at radius 3 is 2.14 bits per heavy atom. The van der Waals surface area contributed by atoms with E-state index in [0.717, 1.165) is 12.0 Å². The Bertz CT molecular complexity index is 1350. The number of hydrogen-bond donors (Lipinski definition) is 3. The van der Waals surface area contributed by atoms with Crippen LogP contribution in [-0.2, 0) is 4.79 Å². The fourth-order valence-corrected chi connectivity index (χ4v) is 2.92. The van der Waals surface area contributed by atoms with Crippen molar-refractivity contribution in [2.45, 2.75) is 0 Å². The smallest absolute Gasteiger partial charge is 0.355 e. The second-order valence-electron chi connectivity index (χ2n) is 7.16. The minimum absolute atomic E-state index is 0.0639. The summed E-state index contributed by atoms with van der Waals surface area (Å²) in [5.41, 5.74) is 6.19. The molecule has 4 aromatic rings. The zero-order chi connectivity index (χ0) is 25.2. The third-order valence-corrected chi connectivity index (χ3v) is 4.61. The Morgan fingerprint density at radius 1 is 0.861 bits per heavy atom. The zero-order valence-electron chi connectivity index (χ0n) is 18.7. The van der Waals surface area contributed by atoms with E-state index in [2.05, 4.69) is 36.4 Å². The predicted octanol–water partition coefficient (Wildman–Crippen LogP) is 5.07. The van der Waals surface area contributed by atoms with Crippen LogP contribution in [0.4, 0.5) is 34.4 Å². The second kappa shape index (κ2) is 11.7. The molecule has 0 atom stereocenters. The summed E-state index contributed by atoms with van der Waals surface area (Å²) in [4.78, 5) is 31.0. The van der Waals surface area contributed by atoms with E-state index in [1.165, 1.54) is 0 Å². The summed E-state index contributed by atoms with van der Waals surface area (Å²) in [6, 6.07) is 24.8. The molecule has 0 fully saturated rings. The maximum atomic E-state index is 12.1. The predicted molar refractivity (Wildman–Crippen MR) is 133 cm³/mol. The average Bonchev–Trinajstić information content (AvgIpc) is 2.91. The summed E-state index contributed by atoms with van der Waals surface area (Å²) in [7, 11) is 0. The molecule has 0 aliphatic heterocycles. The number of azo groups is 1. The molecule has 0 unspecified atom stereocenters. The maximum Gasteiger partial charge on any atom is 0.355 e. The first kappa shape index (κ1) is 23.8. The molecule has 3 N–H and O–H groups in total. The SMILES string of the molecule is O=C(COc1ccccc1)NNc1ncnc(Nc2ccc(N=Nc3ccccc3)cc2)c1[N+](=O)[O-]. The number of para-hydroxylation sites is 1. The van der Waals surface area contributed by atoms with Crippen LogP contribution in [0.5, 0.6) is 5.75 Å². The van der Waals surface area contributed by atoms with Gasteiger partial charge in [-0.1, -0.05) is 36.4 Å². The second-order valence-corrected chi connectivity index (χ2v) is 7.16. The maximum absolute atomic E-state index is 12.1. The van der Waals surface area contributed by atoms with Gasteiger partial charge < -0.3 is 10.1 Å². The van der Waals surface area contributed by atoms with Gasteiger partial charge in [0.15, 0.2) is 6.61 Å². The first-order valence-electron chi connectivity index (χ1n) is 10.6. The van der Waals surface area contributed by atoms with Gasteiger partial charge in [0.1, 0.15) is 12.1 Å². The van der Waals surface area contributed by atoms with E-state index < -0.39 is 16.5 Å². The number of carbonyl (C=O) groups is 1. The highest BCUT2D eigenvalue weighted by Gasteiger charge is 2.23. The summed E-state index contributed by atoms with van der Waals surface area (Å²) < 4.78 is 5.34. The Hall–Kier alpha value is -5.39. The van der Waals surface area contributed by atoms with Crippen LogP contribution >= 0.6 is 0 Å². The first-order valence-corrected chi connectivity index (χ1v) is 10.6.